The molecule has 5 rings (SSSR count). The number of nitrogens with one attached hydrogen (secondary N) is 2. The minimum Gasteiger partial charge on any atom is -0.465 e. The van der Waals surface area contributed by atoms with Crippen LogP contribution in [0, 0.1) is 11.7 Å². The second kappa shape index (κ2) is 10.8. The van der Waals surface area contributed by atoms with Crippen molar-refractivity contribution >= 4 is 64.0 Å². The Kier molecular flexibility index (Phi) is 7.44. The lowest BCUT2D eigenvalue weighted by molar-refractivity contribution is -0.122. The SMILES string of the molecule is NC(=O)[C@H]1CC[C@H](n2c(Nc3c(F)cc(Cl)cc3Cl)nc3cnc(NC4CCCN(C(=O)O)C4)nc32)CC1. The third-order valence-electron chi connectivity index (χ3n) is 7.17. The van der Waals surface area contributed by atoms with Crippen molar-refractivity contribution in [2.45, 2.75) is 50.6 Å². The highest BCUT2D eigenvalue weighted by atomic mass is 35.5. The number of rotatable bonds is 6. The molecular weight excluding hydrogens is 538 g/mol. The Balaban J connectivity index is 1.50. The summed E-state index contributed by atoms with van der Waals surface area (Å²) in [6.07, 6.45) is 4.63. The zero-order valence-corrected chi connectivity index (χ0v) is 21.8. The number of anilines is 3. The number of carbonyl (C=O) groups is 2. The van der Waals surface area contributed by atoms with E-state index in [9.17, 15) is 19.1 Å². The van der Waals surface area contributed by atoms with Gasteiger partial charge in [0.15, 0.2) is 5.65 Å². The Hall–Kier alpha value is -3.38. The molecule has 3 aromatic rings. The van der Waals surface area contributed by atoms with Crippen molar-refractivity contribution in [1.82, 2.24) is 24.4 Å². The number of carbonyl (C=O) groups excluding carboxylic acids is 1. The van der Waals surface area contributed by atoms with E-state index >= 15 is 0 Å². The molecule has 2 aliphatic rings. The molecule has 1 aromatic carbocycles. The molecule has 11 nitrogen and oxygen atoms in total. The van der Waals surface area contributed by atoms with Crippen LogP contribution in [0.4, 0.5) is 26.8 Å². The minimum atomic E-state index is -0.957. The molecular formula is C24H27Cl2FN8O3. The summed E-state index contributed by atoms with van der Waals surface area (Å²) in [6.45, 7) is 0.821. The molecule has 1 unspecified atom stereocenters. The molecule has 0 spiro atoms. The van der Waals surface area contributed by atoms with E-state index in [1.54, 1.807) is 6.20 Å². The fourth-order valence-corrected chi connectivity index (χ4v) is 5.75. The van der Waals surface area contributed by atoms with Crippen molar-refractivity contribution in [3.8, 4) is 0 Å². The number of hydrogen-bond acceptors (Lipinski definition) is 7. The summed E-state index contributed by atoms with van der Waals surface area (Å²) in [5.74, 6) is -0.483. The van der Waals surface area contributed by atoms with Gasteiger partial charge in [0.2, 0.25) is 17.8 Å². The largest absolute Gasteiger partial charge is 0.465 e. The van der Waals surface area contributed by atoms with E-state index in [0.29, 0.717) is 61.8 Å². The highest BCUT2D eigenvalue weighted by Crippen LogP contribution is 2.38. The van der Waals surface area contributed by atoms with Gasteiger partial charge in [-0.2, -0.15) is 4.98 Å². The number of amides is 2. The Morgan fingerprint density at radius 3 is 2.58 bits per heavy atom. The van der Waals surface area contributed by atoms with Crippen LogP contribution in [-0.2, 0) is 4.79 Å². The maximum atomic E-state index is 14.8. The number of nitrogens with zero attached hydrogens (tertiary/aromatic N) is 5. The molecule has 2 fully saturated rings. The van der Waals surface area contributed by atoms with Crippen molar-refractivity contribution in [3.05, 3.63) is 34.2 Å². The summed E-state index contributed by atoms with van der Waals surface area (Å²) in [6, 6.07) is 2.37. The first-order chi connectivity index (χ1) is 18.2. The van der Waals surface area contributed by atoms with E-state index in [1.807, 2.05) is 4.57 Å². The third-order valence-corrected chi connectivity index (χ3v) is 7.68. The van der Waals surface area contributed by atoms with Crippen molar-refractivity contribution in [2.75, 3.05) is 23.7 Å². The Labute approximate surface area is 227 Å². The normalized spacial score (nSPS) is 21.9. The van der Waals surface area contributed by atoms with Gasteiger partial charge < -0.3 is 26.4 Å². The zero-order valence-electron chi connectivity index (χ0n) is 20.3. The number of carboxylic acid groups (broad SMARTS) is 1. The lowest BCUT2D eigenvalue weighted by Crippen LogP contribution is -2.44. The molecule has 38 heavy (non-hydrogen) atoms. The molecule has 5 N–H and O–H groups in total. The third kappa shape index (κ3) is 5.41. The van der Waals surface area contributed by atoms with Gasteiger partial charge in [-0.15, -0.1) is 0 Å². The van der Waals surface area contributed by atoms with Crippen molar-refractivity contribution < 1.29 is 19.1 Å². The molecule has 0 bridgehead atoms. The van der Waals surface area contributed by atoms with Crippen LogP contribution in [0.25, 0.3) is 11.2 Å². The zero-order chi connectivity index (χ0) is 27.0. The van der Waals surface area contributed by atoms with Crippen LogP contribution in [0.3, 0.4) is 0 Å². The number of halogens is 3. The van der Waals surface area contributed by atoms with Crippen LogP contribution in [0.1, 0.15) is 44.6 Å². The Morgan fingerprint density at radius 2 is 1.89 bits per heavy atom. The number of nitrogens with two attached hydrogens (primary N) is 1. The predicted molar refractivity (Wildman–Crippen MR) is 141 cm³/mol. The minimum absolute atomic E-state index is 0.0284. The topological polar surface area (TPSA) is 151 Å². The number of benzene rings is 1. The van der Waals surface area contributed by atoms with E-state index in [1.165, 1.54) is 11.0 Å². The molecule has 202 valence electrons. The van der Waals surface area contributed by atoms with Gasteiger partial charge in [-0.1, -0.05) is 23.2 Å². The van der Waals surface area contributed by atoms with Crippen LogP contribution in [0.2, 0.25) is 10.0 Å². The summed E-state index contributed by atoms with van der Waals surface area (Å²) in [5, 5.41) is 15.9. The Bertz CT molecular complexity index is 1360. The van der Waals surface area contributed by atoms with E-state index in [4.69, 9.17) is 33.9 Å². The summed E-state index contributed by atoms with van der Waals surface area (Å²) in [5.41, 5.74) is 6.56. The first kappa shape index (κ1) is 26.2. The van der Waals surface area contributed by atoms with Crippen molar-refractivity contribution in [3.63, 3.8) is 0 Å². The van der Waals surface area contributed by atoms with E-state index in [0.717, 1.165) is 18.9 Å². The van der Waals surface area contributed by atoms with Crippen LogP contribution in [0.15, 0.2) is 18.3 Å². The second-order valence-electron chi connectivity index (χ2n) is 9.70. The van der Waals surface area contributed by atoms with Crippen LogP contribution in [0.5, 0.6) is 0 Å². The van der Waals surface area contributed by atoms with E-state index in [2.05, 4.69) is 20.6 Å². The van der Waals surface area contributed by atoms with Gasteiger partial charge in [-0.25, -0.2) is 19.2 Å². The van der Waals surface area contributed by atoms with Gasteiger partial charge >= 0.3 is 6.09 Å². The van der Waals surface area contributed by atoms with Gasteiger partial charge in [0, 0.05) is 36.1 Å². The van der Waals surface area contributed by atoms with Gasteiger partial charge in [-0.3, -0.25) is 9.36 Å². The van der Waals surface area contributed by atoms with Crippen molar-refractivity contribution in [1.29, 1.82) is 0 Å². The molecule has 2 amide bonds. The number of piperidine rings is 1. The molecule has 0 radical (unpaired) electrons. The highest BCUT2D eigenvalue weighted by Gasteiger charge is 2.30. The lowest BCUT2D eigenvalue weighted by Gasteiger charge is -2.31. The van der Waals surface area contributed by atoms with E-state index in [-0.39, 0.29) is 39.6 Å². The van der Waals surface area contributed by atoms with Crippen LogP contribution < -0.4 is 16.4 Å². The predicted octanol–water partition coefficient (Wildman–Crippen LogP) is 4.79. The van der Waals surface area contributed by atoms with Gasteiger partial charge in [0.1, 0.15) is 11.3 Å². The summed E-state index contributed by atoms with van der Waals surface area (Å²) in [4.78, 5) is 38.2. The average Bonchev–Trinajstić information content (AvgIpc) is 3.23. The fraction of sp³-hybridized carbons (Fsp3) is 0.458. The monoisotopic (exact) mass is 564 g/mol. The molecule has 1 saturated carbocycles. The van der Waals surface area contributed by atoms with Gasteiger partial charge in [0.25, 0.3) is 0 Å². The maximum Gasteiger partial charge on any atom is 0.407 e. The maximum absolute atomic E-state index is 14.8. The summed E-state index contributed by atoms with van der Waals surface area (Å²) >= 11 is 12.2. The first-order valence-corrected chi connectivity index (χ1v) is 13.2. The molecule has 2 aromatic heterocycles. The van der Waals surface area contributed by atoms with Crippen LogP contribution in [-0.4, -0.2) is 60.7 Å². The standard InChI is InChI=1S/C24H27Cl2FN8O3/c25-13-8-16(26)19(17(27)9-13)32-23-31-18-10-29-22(30-14-2-1-7-34(11-14)24(37)38)33-21(18)35(23)15-5-3-12(4-6-15)20(28)36/h8-10,12,14-15H,1-7,11H2,(H2,28,36)(H,31,32)(H,37,38)(H,29,30,33)/t12-,14?,15-. The Morgan fingerprint density at radius 1 is 1.13 bits per heavy atom. The molecule has 14 heteroatoms. The van der Waals surface area contributed by atoms with Crippen molar-refractivity contribution in [2.24, 2.45) is 11.7 Å². The lowest BCUT2D eigenvalue weighted by atomic mass is 9.85. The smallest absolute Gasteiger partial charge is 0.407 e. The molecule has 3 heterocycles. The number of imidazole rings is 1. The number of primary amides is 1. The summed E-state index contributed by atoms with van der Waals surface area (Å²) in [7, 11) is 0. The summed E-state index contributed by atoms with van der Waals surface area (Å²) < 4.78 is 16.7. The number of hydrogen-bond donors (Lipinski definition) is 4. The number of aromatic nitrogens is 4. The molecule has 1 aliphatic carbocycles. The number of likely N-dealkylation sites (tertiary alicyclic amines) is 1. The van der Waals surface area contributed by atoms with Gasteiger partial charge in [0.05, 0.1) is 16.9 Å². The first-order valence-electron chi connectivity index (χ1n) is 12.4. The van der Waals surface area contributed by atoms with E-state index < -0.39 is 11.9 Å². The molecule has 1 aliphatic heterocycles. The van der Waals surface area contributed by atoms with Gasteiger partial charge in [-0.05, 0) is 50.7 Å². The highest BCUT2D eigenvalue weighted by molar-refractivity contribution is 6.36. The number of fused-ring (bicyclic) bond motifs is 1. The quantitative estimate of drug-likeness (QED) is 0.333. The molecule has 1 atom stereocenters. The van der Waals surface area contributed by atoms with Crippen LogP contribution >= 0.6 is 23.2 Å². The second-order valence-corrected chi connectivity index (χ2v) is 10.5. The fourth-order valence-electron chi connectivity index (χ4n) is 5.24. The average molecular weight is 565 g/mol. The molecule has 1 saturated heterocycles.